The standard InChI is InChI=1S/C36H45ClN2/c1-7-24-38-30-18-11-9-16-28(30)35(3,4)32(38)22-20-26-14-13-15-27(34(26)37)21-23-33-36(5,6)29-17-10-12-19-31(29)39(33)25-8-2/h9-12,16-23,32H,7-8,13-15,24-25H2,1-6H3/b22-20+,27-21+,33-23+/i32D. The lowest BCUT2D eigenvalue weighted by atomic mass is 9.80. The number of hydrogen-bond acceptors (Lipinski definition) is 2. The summed E-state index contributed by atoms with van der Waals surface area (Å²) in [5, 5.41) is 0.855. The predicted molar refractivity (Wildman–Crippen MR) is 170 cm³/mol. The van der Waals surface area contributed by atoms with Gasteiger partial charge in [-0.05, 0) is 72.6 Å². The van der Waals surface area contributed by atoms with Crippen LogP contribution in [0.1, 0.15) is 86.1 Å². The molecule has 0 spiro atoms. The fraction of sp³-hybridized carbons (Fsp3) is 0.444. The summed E-state index contributed by atoms with van der Waals surface area (Å²) in [7, 11) is 0. The number of nitrogens with zero attached hydrogens (tertiary/aromatic N) is 2. The van der Waals surface area contributed by atoms with Crippen molar-refractivity contribution in [3.63, 3.8) is 0 Å². The zero-order valence-corrected chi connectivity index (χ0v) is 25.4. The maximum atomic E-state index is 9.77. The maximum absolute atomic E-state index is 9.77. The molecule has 1 unspecified atom stereocenters. The van der Waals surface area contributed by atoms with Crippen molar-refractivity contribution in [3.8, 4) is 0 Å². The van der Waals surface area contributed by atoms with Crippen LogP contribution in [0, 0.1) is 0 Å². The van der Waals surface area contributed by atoms with Crippen LogP contribution in [0.4, 0.5) is 11.4 Å². The second kappa shape index (κ2) is 11.0. The summed E-state index contributed by atoms with van der Waals surface area (Å²) in [6.07, 6.45) is 13.9. The molecule has 1 atom stereocenters. The molecule has 206 valence electrons. The first-order valence-corrected chi connectivity index (χ1v) is 15.2. The second-order valence-corrected chi connectivity index (χ2v) is 12.6. The first kappa shape index (κ1) is 26.5. The first-order valence-electron chi connectivity index (χ1n) is 15.3. The number of anilines is 2. The van der Waals surface area contributed by atoms with Gasteiger partial charge >= 0.3 is 0 Å². The van der Waals surface area contributed by atoms with Gasteiger partial charge in [-0.2, -0.15) is 0 Å². The van der Waals surface area contributed by atoms with E-state index in [1.165, 1.54) is 33.8 Å². The molecule has 0 bridgehead atoms. The molecule has 5 rings (SSSR count). The lowest BCUT2D eigenvalue weighted by Crippen LogP contribution is -2.40. The molecule has 2 heterocycles. The Balaban J connectivity index is 1.49. The minimum absolute atomic E-state index is 0.0557. The third kappa shape index (κ3) is 4.91. The highest BCUT2D eigenvalue weighted by atomic mass is 35.5. The molecule has 2 aromatic rings. The van der Waals surface area contributed by atoms with E-state index >= 15 is 0 Å². The summed E-state index contributed by atoms with van der Waals surface area (Å²) >= 11 is 7.12. The van der Waals surface area contributed by atoms with Crippen LogP contribution >= 0.6 is 11.6 Å². The van der Waals surface area contributed by atoms with Crippen molar-refractivity contribution >= 4 is 23.0 Å². The zero-order chi connectivity index (χ0) is 28.7. The van der Waals surface area contributed by atoms with E-state index in [1.807, 2.05) is 0 Å². The average Bonchev–Trinajstić information content (AvgIpc) is 3.25. The zero-order valence-electron chi connectivity index (χ0n) is 25.7. The van der Waals surface area contributed by atoms with Gasteiger partial charge in [0.15, 0.2) is 0 Å². The highest BCUT2D eigenvalue weighted by Crippen LogP contribution is 2.48. The van der Waals surface area contributed by atoms with Crippen LogP contribution in [0.25, 0.3) is 0 Å². The SMILES string of the molecule is [2H]C1(/C=C/C2=C(Cl)C(=C/C=C3/N(CCC)c4ccccc4C3(C)C)/CCC2)N(CCC)c2ccccc2C1(C)C. The van der Waals surface area contributed by atoms with Gasteiger partial charge in [0.05, 0.1) is 7.39 Å². The molecule has 0 saturated carbocycles. The number of fused-ring (bicyclic) bond motifs is 2. The van der Waals surface area contributed by atoms with E-state index in [4.69, 9.17) is 11.6 Å². The number of allylic oxidation sites excluding steroid dienone is 7. The van der Waals surface area contributed by atoms with Crippen LogP contribution in [0.3, 0.4) is 0 Å². The van der Waals surface area contributed by atoms with Crippen LogP contribution < -0.4 is 9.80 Å². The average molecular weight is 542 g/mol. The Bertz CT molecular complexity index is 1400. The molecule has 0 N–H and O–H groups in total. The van der Waals surface area contributed by atoms with Crippen molar-refractivity contribution < 1.29 is 1.37 Å². The smallest absolute Gasteiger partial charge is 0.0584 e. The van der Waals surface area contributed by atoms with Gasteiger partial charge in [-0.15, -0.1) is 0 Å². The van der Waals surface area contributed by atoms with Gasteiger partial charge in [0.25, 0.3) is 0 Å². The van der Waals surface area contributed by atoms with E-state index in [0.717, 1.165) is 55.8 Å². The summed E-state index contributed by atoms with van der Waals surface area (Å²) < 4.78 is 9.77. The molecule has 1 aliphatic carbocycles. The fourth-order valence-corrected chi connectivity index (χ4v) is 7.09. The highest BCUT2D eigenvalue weighted by Gasteiger charge is 2.42. The Morgan fingerprint density at radius 1 is 0.897 bits per heavy atom. The van der Waals surface area contributed by atoms with Crippen LogP contribution in [0.15, 0.2) is 94.7 Å². The highest BCUT2D eigenvalue weighted by molar-refractivity contribution is 6.32. The molecule has 0 saturated heterocycles. The topological polar surface area (TPSA) is 6.48 Å². The van der Waals surface area contributed by atoms with Gasteiger partial charge in [0, 0.05) is 46.0 Å². The molecule has 2 aliphatic heterocycles. The minimum Gasteiger partial charge on any atom is -0.364 e. The normalized spacial score (nSPS) is 26.1. The Morgan fingerprint density at radius 3 is 2.28 bits per heavy atom. The molecule has 0 amide bonds. The fourth-order valence-electron chi connectivity index (χ4n) is 6.78. The Morgan fingerprint density at radius 2 is 1.56 bits per heavy atom. The van der Waals surface area contributed by atoms with E-state index in [1.54, 1.807) is 0 Å². The molecule has 0 fully saturated rings. The molecule has 39 heavy (non-hydrogen) atoms. The van der Waals surface area contributed by atoms with E-state index in [9.17, 15) is 1.37 Å². The Hall–Kier alpha value is -2.71. The summed E-state index contributed by atoms with van der Waals surface area (Å²) in [5.41, 5.74) is 8.42. The summed E-state index contributed by atoms with van der Waals surface area (Å²) in [4.78, 5) is 4.76. The Labute approximate surface area is 243 Å². The lowest BCUT2D eigenvalue weighted by molar-refractivity contribution is 0.473. The van der Waals surface area contributed by atoms with Crippen molar-refractivity contribution in [2.75, 3.05) is 22.9 Å². The predicted octanol–water partition coefficient (Wildman–Crippen LogP) is 9.81. The van der Waals surface area contributed by atoms with E-state index in [0.29, 0.717) is 0 Å². The number of benzene rings is 2. The molecular formula is C36H45ClN2. The van der Waals surface area contributed by atoms with Crippen molar-refractivity contribution in [2.24, 2.45) is 0 Å². The monoisotopic (exact) mass is 541 g/mol. The van der Waals surface area contributed by atoms with E-state index in [-0.39, 0.29) is 10.8 Å². The first-order chi connectivity index (χ1) is 19.1. The molecule has 2 aromatic carbocycles. The largest absolute Gasteiger partial charge is 0.364 e. The van der Waals surface area contributed by atoms with E-state index in [2.05, 4.69) is 124 Å². The summed E-state index contributed by atoms with van der Waals surface area (Å²) in [6, 6.07) is 16.5. The maximum Gasteiger partial charge on any atom is 0.0584 e. The number of rotatable bonds is 7. The molecule has 0 radical (unpaired) electrons. The van der Waals surface area contributed by atoms with Gasteiger partial charge in [-0.3, -0.25) is 0 Å². The minimum atomic E-state index is -0.875. The van der Waals surface area contributed by atoms with Crippen molar-refractivity contribution in [3.05, 3.63) is 106 Å². The number of halogens is 1. The summed E-state index contributed by atoms with van der Waals surface area (Å²) in [6.45, 7) is 15.4. The van der Waals surface area contributed by atoms with Crippen LogP contribution in [-0.4, -0.2) is 19.1 Å². The molecule has 2 nitrogen and oxygen atoms in total. The Kier molecular flexibility index (Phi) is 7.51. The van der Waals surface area contributed by atoms with E-state index < -0.39 is 6.02 Å². The van der Waals surface area contributed by atoms with Crippen molar-refractivity contribution in [1.82, 2.24) is 0 Å². The lowest BCUT2D eigenvalue weighted by Gasteiger charge is -2.32. The third-order valence-electron chi connectivity index (χ3n) is 8.83. The van der Waals surface area contributed by atoms with Gasteiger partial charge in [0.2, 0.25) is 0 Å². The number of para-hydroxylation sites is 2. The molecule has 3 heteroatoms. The number of hydrogen-bond donors (Lipinski definition) is 0. The summed E-state index contributed by atoms with van der Waals surface area (Å²) in [5.74, 6) is 0. The second-order valence-electron chi connectivity index (χ2n) is 12.2. The van der Waals surface area contributed by atoms with Crippen molar-refractivity contribution in [2.45, 2.75) is 90.5 Å². The van der Waals surface area contributed by atoms with Gasteiger partial charge < -0.3 is 9.80 Å². The van der Waals surface area contributed by atoms with Crippen LogP contribution in [0.2, 0.25) is 0 Å². The van der Waals surface area contributed by atoms with Gasteiger partial charge in [0.1, 0.15) is 0 Å². The van der Waals surface area contributed by atoms with Crippen molar-refractivity contribution in [1.29, 1.82) is 0 Å². The van der Waals surface area contributed by atoms with Crippen LogP contribution in [0.5, 0.6) is 0 Å². The molecule has 3 aliphatic rings. The molecule has 0 aromatic heterocycles. The molecular weight excluding hydrogens is 496 g/mol. The quantitative estimate of drug-likeness (QED) is 0.344. The third-order valence-corrected chi connectivity index (χ3v) is 9.32. The van der Waals surface area contributed by atoms with Gasteiger partial charge in [-0.1, -0.05) is 108 Å². The van der Waals surface area contributed by atoms with Crippen LogP contribution in [-0.2, 0) is 10.8 Å². The van der Waals surface area contributed by atoms with Gasteiger partial charge in [-0.25, -0.2) is 0 Å².